The van der Waals surface area contributed by atoms with E-state index in [4.69, 9.17) is 0 Å². The van der Waals surface area contributed by atoms with Crippen molar-refractivity contribution in [2.24, 2.45) is 0 Å². The highest BCUT2D eigenvalue weighted by atomic mass is 32.2. The Morgan fingerprint density at radius 3 is 2.45 bits per heavy atom. The summed E-state index contributed by atoms with van der Waals surface area (Å²) in [6, 6.07) is 10.7. The first-order valence-corrected chi connectivity index (χ1v) is 6.97. The molecule has 2 rings (SSSR count). The molecule has 0 saturated carbocycles. The summed E-state index contributed by atoms with van der Waals surface area (Å²) in [6.07, 6.45) is 1.84. The summed E-state index contributed by atoms with van der Waals surface area (Å²) in [5.41, 5.74) is 1.22. The van der Waals surface area contributed by atoms with Crippen LogP contribution in [0.5, 0.6) is 0 Å². The number of benzene rings is 1. The lowest BCUT2D eigenvalue weighted by atomic mass is 10.1. The summed E-state index contributed by atoms with van der Waals surface area (Å²) in [7, 11) is 1.91. The monoisotopic (exact) mass is 289 g/mol. The third-order valence-corrected chi connectivity index (χ3v) is 3.92. The summed E-state index contributed by atoms with van der Waals surface area (Å²) in [5, 5.41) is 14.6. The molecule has 0 aliphatic rings. The van der Waals surface area contributed by atoms with Crippen molar-refractivity contribution < 1.29 is 4.92 Å². The standard InChI is InChI=1S/C14H15N3O2S/c1-10(15-2)11-3-8-14(16-9-11)20-13-6-4-12(5-7-13)17(18)19/h3-10,15H,1-2H3. The fourth-order valence-corrected chi connectivity index (χ4v) is 2.39. The number of hydrogen-bond donors (Lipinski definition) is 1. The number of nitro groups is 1. The molecule has 0 aliphatic heterocycles. The van der Waals surface area contributed by atoms with Crippen molar-refractivity contribution >= 4 is 17.4 Å². The number of nitro benzene ring substituents is 1. The van der Waals surface area contributed by atoms with E-state index in [0.717, 1.165) is 15.5 Å². The Bertz CT molecular complexity index is 584. The third-order valence-electron chi connectivity index (χ3n) is 2.96. The van der Waals surface area contributed by atoms with Crippen LogP contribution in [0.2, 0.25) is 0 Å². The van der Waals surface area contributed by atoms with Gasteiger partial charge in [-0.15, -0.1) is 0 Å². The SMILES string of the molecule is CNC(C)c1ccc(Sc2ccc([N+](=O)[O-])cc2)nc1. The highest BCUT2D eigenvalue weighted by molar-refractivity contribution is 7.99. The fraction of sp³-hybridized carbons (Fsp3) is 0.214. The Kier molecular flexibility index (Phi) is 4.70. The lowest BCUT2D eigenvalue weighted by Gasteiger charge is -2.10. The maximum absolute atomic E-state index is 10.6. The summed E-state index contributed by atoms with van der Waals surface area (Å²) >= 11 is 1.48. The number of nitrogens with zero attached hydrogens (tertiary/aromatic N) is 2. The van der Waals surface area contributed by atoms with Crippen molar-refractivity contribution in [2.45, 2.75) is 22.9 Å². The van der Waals surface area contributed by atoms with Gasteiger partial charge in [-0.2, -0.15) is 0 Å². The molecule has 1 aromatic heterocycles. The van der Waals surface area contributed by atoms with E-state index in [2.05, 4.69) is 17.2 Å². The molecule has 5 nitrogen and oxygen atoms in total. The largest absolute Gasteiger partial charge is 0.313 e. The Hall–Kier alpha value is -1.92. The Balaban J connectivity index is 2.08. The van der Waals surface area contributed by atoms with Crippen LogP contribution in [0.3, 0.4) is 0 Å². The summed E-state index contributed by atoms with van der Waals surface area (Å²) < 4.78 is 0. The number of nitrogens with one attached hydrogen (secondary N) is 1. The van der Waals surface area contributed by atoms with Crippen molar-refractivity contribution in [1.82, 2.24) is 10.3 Å². The summed E-state index contributed by atoms with van der Waals surface area (Å²) in [5.74, 6) is 0. The second-order valence-electron chi connectivity index (χ2n) is 4.29. The van der Waals surface area contributed by atoms with Crippen LogP contribution in [-0.4, -0.2) is 17.0 Å². The smallest absolute Gasteiger partial charge is 0.269 e. The minimum absolute atomic E-state index is 0.0977. The first kappa shape index (κ1) is 14.5. The topological polar surface area (TPSA) is 68.1 Å². The van der Waals surface area contributed by atoms with E-state index < -0.39 is 4.92 Å². The molecule has 0 bridgehead atoms. The molecule has 0 aliphatic carbocycles. The van der Waals surface area contributed by atoms with Crippen molar-refractivity contribution in [3.63, 3.8) is 0 Å². The lowest BCUT2D eigenvalue weighted by Crippen LogP contribution is -2.12. The average Bonchev–Trinajstić information content (AvgIpc) is 2.48. The molecule has 0 radical (unpaired) electrons. The van der Waals surface area contributed by atoms with Gasteiger partial charge in [-0.25, -0.2) is 4.98 Å². The predicted molar refractivity (Wildman–Crippen MR) is 78.9 cm³/mol. The van der Waals surface area contributed by atoms with Gasteiger partial charge in [0.05, 0.1) is 4.92 Å². The third kappa shape index (κ3) is 3.55. The Morgan fingerprint density at radius 1 is 1.25 bits per heavy atom. The molecular weight excluding hydrogens is 274 g/mol. The molecule has 2 aromatic rings. The minimum Gasteiger partial charge on any atom is -0.313 e. The molecule has 0 spiro atoms. The molecular formula is C14H15N3O2S. The zero-order chi connectivity index (χ0) is 14.5. The predicted octanol–water partition coefficient (Wildman–Crippen LogP) is 3.42. The van der Waals surface area contributed by atoms with Crippen molar-refractivity contribution in [1.29, 1.82) is 0 Å². The summed E-state index contributed by atoms with van der Waals surface area (Å²) in [4.78, 5) is 15.5. The van der Waals surface area contributed by atoms with E-state index >= 15 is 0 Å². The van der Waals surface area contributed by atoms with Gasteiger partial charge in [0.25, 0.3) is 5.69 Å². The first-order chi connectivity index (χ1) is 9.60. The fourth-order valence-electron chi connectivity index (χ4n) is 1.63. The maximum Gasteiger partial charge on any atom is 0.269 e. The highest BCUT2D eigenvalue weighted by Gasteiger charge is 2.06. The van der Waals surface area contributed by atoms with Gasteiger partial charge in [0.1, 0.15) is 5.03 Å². The Labute approximate surface area is 121 Å². The van der Waals surface area contributed by atoms with Crippen LogP contribution >= 0.6 is 11.8 Å². The molecule has 1 N–H and O–H groups in total. The number of non-ortho nitro benzene ring substituents is 1. The van der Waals surface area contributed by atoms with Crippen LogP contribution in [0.15, 0.2) is 52.5 Å². The number of pyridine rings is 1. The molecule has 1 atom stereocenters. The maximum atomic E-state index is 10.6. The molecule has 1 aromatic carbocycles. The molecule has 1 heterocycles. The van der Waals surface area contributed by atoms with Gasteiger partial charge < -0.3 is 5.32 Å². The van der Waals surface area contributed by atoms with Gasteiger partial charge in [-0.1, -0.05) is 17.8 Å². The first-order valence-electron chi connectivity index (χ1n) is 6.15. The molecule has 1 unspecified atom stereocenters. The van der Waals surface area contributed by atoms with E-state index in [1.165, 1.54) is 23.9 Å². The molecule has 6 heteroatoms. The van der Waals surface area contributed by atoms with E-state index in [1.54, 1.807) is 12.1 Å². The second kappa shape index (κ2) is 6.49. The molecule has 0 saturated heterocycles. The zero-order valence-electron chi connectivity index (χ0n) is 11.2. The van der Waals surface area contributed by atoms with Gasteiger partial charge in [-0.3, -0.25) is 10.1 Å². The van der Waals surface area contributed by atoms with Crippen LogP contribution in [0.4, 0.5) is 5.69 Å². The van der Waals surface area contributed by atoms with E-state index in [0.29, 0.717) is 0 Å². The van der Waals surface area contributed by atoms with Crippen molar-refractivity contribution in [3.05, 3.63) is 58.3 Å². The highest BCUT2D eigenvalue weighted by Crippen LogP contribution is 2.28. The molecule has 0 fully saturated rings. The van der Waals surface area contributed by atoms with Gasteiger partial charge >= 0.3 is 0 Å². The van der Waals surface area contributed by atoms with Crippen LogP contribution in [-0.2, 0) is 0 Å². The number of hydrogen-bond acceptors (Lipinski definition) is 5. The van der Waals surface area contributed by atoms with Crippen LogP contribution < -0.4 is 5.32 Å². The van der Waals surface area contributed by atoms with E-state index in [1.807, 2.05) is 25.4 Å². The lowest BCUT2D eigenvalue weighted by molar-refractivity contribution is -0.384. The molecule has 20 heavy (non-hydrogen) atoms. The Morgan fingerprint density at radius 2 is 1.95 bits per heavy atom. The van der Waals surface area contributed by atoms with Gasteiger partial charge in [0, 0.05) is 29.3 Å². The molecule has 0 amide bonds. The normalized spacial score (nSPS) is 12.1. The van der Waals surface area contributed by atoms with Crippen molar-refractivity contribution in [3.8, 4) is 0 Å². The van der Waals surface area contributed by atoms with Crippen LogP contribution in [0, 0.1) is 10.1 Å². The number of aromatic nitrogens is 1. The average molecular weight is 289 g/mol. The molecule has 104 valence electrons. The van der Waals surface area contributed by atoms with Crippen LogP contribution in [0.1, 0.15) is 18.5 Å². The van der Waals surface area contributed by atoms with Gasteiger partial charge in [-0.05, 0) is 37.7 Å². The second-order valence-corrected chi connectivity index (χ2v) is 5.39. The van der Waals surface area contributed by atoms with Gasteiger partial charge in [0.15, 0.2) is 0 Å². The van der Waals surface area contributed by atoms with Crippen molar-refractivity contribution in [2.75, 3.05) is 7.05 Å². The zero-order valence-corrected chi connectivity index (χ0v) is 12.1. The summed E-state index contributed by atoms with van der Waals surface area (Å²) in [6.45, 7) is 2.07. The van der Waals surface area contributed by atoms with Crippen LogP contribution in [0.25, 0.3) is 0 Å². The number of rotatable bonds is 5. The quantitative estimate of drug-likeness (QED) is 0.674. The van der Waals surface area contributed by atoms with E-state index in [9.17, 15) is 10.1 Å². The van der Waals surface area contributed by atoms with Gasteiger partial charge in [0.2, 0.25) is 0 Å². The van der Waals surface area contributed by atoms with E-state index in [-0.39, 0.29) is 11.7 Å². The minimum atomic E-state index is -0.402.